The van der Waals surface area contributed by atoms with Crippen molar-refractivity contribution in [3.8, 4) is 0 Å². The first kappa shape index (κ1) is 11.2. The molecule has 1 saturated carbocycles. The van der Waals surface area contributed by atoms with Gasteiger partial charge in [0.2, 0.25) is 5.90 Å². The molecule has 0 N–H and O–H groups in total. The van der Waals surface area contributed by atoms with Crippen molar-refractivity contribution in [2.45, 2.75) is 26.2 Å². The monoisotopic (exact) mass is 241 g/mol. The van der Waals surface area contributed by atoms with Crippen LogP contribution >= 0.6 is 0 Å². The van der Waals surface area contributed by atoms with Crippen LogP contribution in [0.25, 0.3) is 6.08 Å². The van der Waals surface area contributed by atoms with Gasteiger partial charge in [-0.05, 0) is 31.4 Å². The Labute approximate surface area is 106 Å². The number of carbonyl (C=O) groups excluding carboxylic acids is 1. The first-order valence-corrected chi connectivity index (χ1v) is 6.31. The lowest BCUT2D eigenvalue weighted by Gasteiger charge is -2.23. The van der Waals surface area contributed by atoms with Crippen molar-refractivity contribution < 1.29 is 9.53 Å². The van der Waals surface area contributed by atoms with Gasteiger partial charge in [0, 0.05) is 5.92 Å². The Morgan fingerprint density at radius 3 is 2.61 bits per heavy atom. The van der Waals surface area contributed by atoms with E-state index in [0.717, 1.165) is 18.4 Å². The van der Waals surface area contributed by atoms with Crippen LogP contribution < -0.4 is 0 Å². The third-order valence-corrected chi connectivity index (χ3v) is 3.47. The van der Waals surface area contributed by atoms with Gasteiger partial charge >= 0.3 is 5.97 Å². The number of aryl methyl sites for hydroxylation is 1. The smallest absolute Gasteiger partial charge is 0.363 e. The van der Waals surface area contributed by atoms with Crippen LogP contribution in [0.1, 0.15) is 30.4 Å². The number of cyclic esters (lactones) is 1. The van der Waals surface area contributed by atoms with Crippen molar-refractivity contribution in [2.75, 3.05) is 0 Å². The Bertz CT molecular complexity index is 536. The van der Waals surface area contributed by atoms with Crippen LogP contribution in [-0.4, -0.2) is 11.9 Å². The second-order valence-electron chi connectivity index (χ2n) is 4.91. The molecule has 0 saturated heterocycles. The fourth-order valence-electron chi connectivity index (χ4n) is 2.08. The van der Waals surface area contributed by atoms with E-state index in [1.165, 1.54) is 12.0 Å². The molecule has 0 radical (unpaired) electrons. The van der Waals surface area contributed by atoms with Gasteiger partial charge in [-0.1, -0.05) is 36.2 Å². The Morgan fingerprint density at radius 1 is 1.28 bits per heavy atom. The molecule has 1 aliphatic heterocycles. The van der Waals surface area contributed by atoms with Gasteiger partial charge in [-0.25, -0.2) is 9.79 Å². The van der Waals surface area contributed by atoms with Crippen molar-refractivity contribution in [3.63, 3.8) is 0 Å². The van der Waals surface area contributed by atoms with Gasteiger partial charge in [-0.3, -0.25) is 0 Å². The molecule has 0 amide bonds. The SMILES string of the molecule is Cc1ccc(/C=C2/N=C(C3CCC3)OC2=O)cc1. The number of hydrogen-bond donors (Lipinski definition) is 0. The molecule has 1 heterocycles. The molecule has 3 nitrogen and oxygen atoms in total. The highest BCUT2D eigenvalue weighted by Gasteiger charge is 2.32. The van der Waals surface area contributed by atoms with Crippen LogP contribution in [0, 0.1) is 12.8 Å². The number of rotatable bonds is 2. The van der Waals surface area contributed by atoms with E-state index in [-0.39, 0.29) is 5.97 Å². The lowest BCUT2D eigenvalue weighted by Crippen LogP contribution is -2.22. The largest absolute Gasteiger partial charge is 0.406 e. The fourth-order valence-corrected chi connectivity index (χ4v) is 2.08. The number of carbonyl (C=O) groups is 1. The molecule has 1 fully saturated rings. The molecule has 0 aromatic heterocycles. The molecule has 0 spiro atoms. The molecule has 1 aromatic carbocycles. The molecule has 1 aromatic rings. The van der Waals surface area contributed by atoms with Gasteiger partial charge in [0.1, 0.15) is 0 Å². The summed E-state index contributed by atoms with van der Waals surface area (Å²) in [4.78, 5) is 16.0. The minimum absolute atomic E-state index is 0.322. The van der Waals surface area contributed by atoms with E-state index in [0.29, 0.717) is 17.5 Å². The van der Waals surface area contributed by atoms with Crippen LogP contribution in [0.2, 0.25) is 0 Å². The molecule has 2 aliphatic rings. The summed E-state index contributed by atoms with van der Waals surface area (Å²) in [5.41, 5.74) is 2.59. The van der Waals surface area contributed by atoms with Crippen LogP contribution in [0.3, 0.4) is 0 Å². The minimum Gasteiger partial charge on any atom is -0.406 e. The predicted molar refractivity (Wildman–Crippen MR) is 70.0 cm³/mol. The van der Waals surface area contributed by atoms with E-state index in [1.54, 1.807) is 6.08 Å². The zero-order valence-electron chi connectivity index (χ0n) is 10.3. The number of aliphatic imine (C=N–C) groups is 1. The molecule has 0 bridgehead atoms. The minimum atomic E-state index is -0.322. The van der Waals surface area contributed by atoms with Crippen molar-refractivity contribution in [1.82, 2.24) is 0 Å². The molecule has 1 aliphatic carbocycles. The maximum absolute atomic E-state index is 11.7. The van der Waals surface area contributed by atoms with Crippen LogP contribution in [0.4, 0.5) is 0 Å². The Kier molecular flexibility index (Phi) is 2.74. The van der Waals surface area contributed by atoms with Gasteiger partial charge in [0.05, 0.1) is 0 Å². The van der Waals surface area contributed by atoms with Crippen LogP contribution in [-0.2, 0) is 9.53 Å². The summed E-state index contributed by atoms with van der Waals surface area (Å²) >= 11 is 0. The van der Waals surface area contributed by atoms with E-state index >= 15 is 0 Å². The standard InChI is InChI=1S/C15H15NO2/c1-10-5-7-11(8-6-10)9-13-15(17)18-14(16-13)12-3-2-4-12/h5-9,12H,2-4H2,1H3/b13-9+. The van der Waals surface area contributed by atoms with Gasteiger partial charge in [-0.2, -0.15) is 0 Å². The highest BCUT2D eigenvalue weighted by molar-refractivity contribution is 6.07. The maximum Gasteiger partial charge on any atom is 0.363 e. The summed E-state index contributed by atoms with van der Waals surface area (Å²) in [6, 6.07) is 7.99. The fraction of sp³-hybridized carbons (Fsp3) is 0.333. The van der Waals surface area contributed by atoms with Gasteiger partial charge in [0.15, 0.2) is 5.70 Å². The average Bonchev–Trinajstić information content (AvgIpc) is 2.61. The van der Waals surface area contributed by atoms with Crippen molar-refractivity contribution in [1.29, 1.82) is 0 Å². The molecule has 3 rings (SSSR count). The normalized spacial score (nSPS) is 21.7. The summed E-state index contributed by atoms with van der Waals surface area (Å²) in [5.74, 6) is 0.653. The highest BCUT2D eigenvalue weighted by atomic mass is 16.6. The Morgan fingerprint density at radius 2 is 2.00 bits per heavy atom. The molecular formula is C15H15NO2. The number of nitrogens with zero attached hydrogens (tertiary/aromatic N) is 1. The van der Waals surface area contributed by atoms with Gasteiger partial charge in [-0.15, -0.1) is 0 Å². The second kappa shape index (κ2) is 4.41. The van der Waals surface area contributed by atoms with Crippen LogP contribution in [0.15, 0.2) is 35.0 Å². The summed E-state index contributed by atoms with van der Waals surface area (Å²) in [5, 5.41) is 0. The lowest BCUT2D eigenvalue weighted by molar-refractivity contribution is -0.130. The number of ether oxygens (including phenoxy) is 1. The average molecular weight is 241 g/mol. The first-order valence-electron chi connectivity index (χ1n) is 6.31. The van der Waals surface area contributed by atoms with Gasteiger partial charge < -0.3 is 4.74 Å². The molecule has 3 heteroatoms. The lowest BCUT2D eigenvalue weighted by atomic mass is 9.85. The van der Waals surface area contributed by atoms with E-state index in [4.69, 9.17) is 4.74 Å². The highest BCUT2D eigenvalue weighted by Crippen LogP contribution is 2.31. The topological polar surface area (TPSA) is 38.7 Å². The number of benzene rings is 1. The molecule has 92 valence electrons. The van der Waals surface area contributed by atoms with Crippen molar-refractivity contribution in [2.24, 2.45) is 10.9 Å². The van der Waals surface area contributed by atoms with Crippen LogP contribution in [0.5, 0.6) is 0 Å². The predicted octanol–water partition coefficient (Wildman–Crippen LogP) is 3.09. The Balaban J connectivity index is 1.84. The third kappa shape index (κ3) is 2.08. The van der Waals surface area contributed by atoms with Crippen molar-refractivity contribution >= 4 is 17.9 Å². The number of esters is 1. The molecular weight excluding hydrogens is 226 g/mol. The maximum atomic E-state index is 11.7. The van der Waals surface area contributed by atoms with Crippen molar-refractivity contribution in [3.05, 3.63) is 41.1 Å². The van der Waals surface area contributed by atoms with E-state index < -0.39 is 0 Å². The second-order valence-corrected chi connectivity index (χ2v) is 4.91. The third-order valence-electron chi connectivity index (χ3n) is 3.47. The number of hydrogen-bond acceptors (Lipinski definition) is 3. The zero-order chi connectivity index (χ0) is 12.5. The molecule has 0 atom stereocenters. The Hall–Kier alpha value is -1.90. The van der Waals surface area contributed by atoms with E-state index in [1.807, 2.05) is 31.2 Å². The van der Waals surface area contributed by atoms with E-state index in [2.05, 4.69) is 4.99 Å². The zero-order valence-corrected chi connectivity index (χ0v) is 10.3. The first-order chi connectivity index (χ1) is 8.72. The molecule has 0 unspecified atom stereocenters. The summed E-state index contributed by atoms with van der Waals surface area (Å²) < 4.78 is 5.22. The summed E-state index contributed by atoms with van der Waals surface area (Å²) in [6.45, 7) is 2.04. The summed E-state index contributed by atoms with van der Waals surface area (Å²) in [7, 11) is 0. The molecule has 18 heavy (non-hydrogen) atoms. The summed E-state index contributed by atoms with van der Waals surface area (Å²) in [6.07, 6.45) is 5.17. The quantitative estimate of drug-likeness (QED) is 0.589. The van der Waals surface area contributed by atoms with E-state index in [9.17, 15) is 4.79 Å². The van der Waals surface area contributed by atoms with Gasteiger partial charge in [0.25, 0.3) is 0 Å².